The summed E-state index contributed by atoms with van der Waals surface area (Å²) in [5.74, 6) is -0.163. The maximum atomic E-state index is 13.1. The Balaban J connectivity index is 2.16. The van der Waals surface area contributed by atoms with Crippen LogP contribution in [0, 0.1) is 5.82 Å². The number of nitrogens with zero attached hydrogens (tertiary/aromatic N) is 1. The predicted molar refractivity (Wildman–Crippen MR) is 86.6 cm³/mol. The van der Waals surface area contributed by atoms with Gasteiger partial charge in [-0.05, 0) is 43.5 Å². The summed E-state index contributed by atoms with van der Waals surface area (Å²) in [5, 5.41) is 0. The molecule has 1 aliphatic carbocycles. The van der Waals surface area contributed by atoms with Gasteiger partial charge in [0.1, 0.15) is 5.82 Å². The Morgan fingerprint density at radius 3 is 2.24 bits per heavy atom. The average Bonchev–Trinajstić information content (AvgIpc) is 2.75. The van der Waals surface area contributed by atoms with Crippen LogP contribution < -0.4 is 5.73 Å². The second-order valence-electron chi connectivity index (χ2n) is 6.39. The van der Waals surface area contributed by atoms with Crippen molar-refractivity contribution in [1.82, 2.24) is 4.90 Å². The summed E-state index contributed by atoms with van der Waals surface area (Å²) in [4.78, 5) is 2.56. The van der Waals surface area contributed by atoms with Gasteiger partial charge in [0.25, 0.3) is 0 Å². The summed E-state index contributed by atoms with van der Waals surface area (Å²) in [6.45, 7) is 4.90. The fourth-order valence-corrected chi connectivity index (χ4v) is 3.60. The molecule has 0 aromatic heterocycles. The molecule has 0 radical (unpaired) electrons. The molecule has 2 rings (SSSR count). The van der Waals surface area contributed by atoms with Crippen LogP contribution in [0.3, 0.4) is 0 Å². The first-order valence-corrected chi connectivity index (χ1v) is 8.40. The first kappa shape index (κ1) is 16.4. The standard InChI is InChI=1S/C18H29FN2/c1-2-13-21(14-16-7-9-17(19)10-8-16)18(15-20)11-5-3-4-6-12-18/h7-10H,2-6,11-15,20H2,1H3. The van der Waals surface area contributed by atoms with E-state index in [2.05, 4.69) is 11.8 Å². The van der Waals surface area contributed by atoms with E-state index in [9.17, 15) is 4.39 Å². The van der Waals surface area contributed by atoms with E-state index in [4.69, 9.17) is 5.73 Å². The quantitative estimate of drug-likeness (QED) is 0.800. The molecule has 3 heteroatoms. The summed E-state index contributed by atoms with van der Waals surface area (Å²) in [6, 6.07) is 6.92. The minimum Gasteiger partial charge on any atom is -0.329 e. The van der Waals surface area contributed by atoms with Gasteiger partial charge in [0.2, 0.25) is 0 Å². The van der Waals surface area contributed by atoms with Gasteiger partial charge >= 0.3 is 0 Å². The second-order valence-corrected chi connectivity index (χ2v) is 6.39. The first-order valence-electron chi connectivity index (χ1n) is 8.40. The molecule has 1 aromatic rings. The van der Waals surface area contributed by atoms with Gasteiger partial charge in [-0.15, -0.1) is 0 Å². The van der Waals surface area contributed by atoms with E-state index in [1.165, 1.54) is 44.1 Å². The molecule has 2 nitrogen and oxygen atoms in total. The van der Waals surface area contributed by atoms with Crippen LogP contribution >= 0.6 is 0 Å². The fourth-order valence-electron chi connectivity index (χ4n) is 3.60. The molecule has 21 heavy (non-hydrogen) atoms. The largest absolute Gasteiger partial charge is 0.329 e. The molecule has 1 aliphatic rings. The van der Waals surface area contributed by atoms with Crippen LogP contribution in [0.5, 0.6) is 0 Å². The molecule has 0 amide bonds. The van der Waals surface area contributed by atoms with Crippen LogP contribution in [0.15, 0.2) is 24.3 Å². The normalized spacial score (nSPS) is 18.7. The van der Waals surface area contributed by atoms with Gasteiger partial charge < -0.3 is 5.73 Å². The minimum atomic E-state index is -0.163. The molecule has 2 N–H and O–H groups in total. The summed E-state index contributed by atoms with van der Waals surface area (Å²) in [6.07, 6.45) is 8.75. The van der Waals surface area contributed by atoms with Crippen LogP contribution in [0.25, 0.3) is 0 Å². The highest BCUT2D eigenvalue weighted by Crippen LogP contribution is 2.33. The molecule has 118 valence electrons. The van der Waals surface area contributed by atoms with Crippen molar-refractivity contribution >= 4 is 0 Å². The smallest absolute Gasteiger partial charge is 0.123 e. The Morgan fingerprint density at radius 1 is 1.10 bits per heavy atom. The van der Waals surface area contributed by atoms with E-state index in [0.29, 0.717) is 0 Å². The van der Waals surface area contributed by atoms with Crippen molar-refractivity contribution in [3.05, 3.63) is 35.6 Å². The summed E-state index contributed by atoms with van der Waals surface area (Å²) < 4.78 is 13.1. The lowest BCUT2D eigenvalue weighted by Gasteiger charge is -2.43. The van der Waals surface area contributed by atoms with Crippen LogP contribution in [0.1, 0.15) is 57.4 Å². The third-order valence-electron chi connectivity index (χ3n) is 4.87. The van der Waals surface area contributed by atoms with E-state index in [1.54, 1.807) is 12.1 Å². The van der Waals surface area contributed by atoms with E-state index >= 15 is 0 Å². The van der Waals surface area contributed by atoms with Gasteiger partial charge in [-0.1, -0.05) is 44.7 Å². The highest BCUT2D eigenvalue weighted by atomic mass is 19.1. The number of benzene rings is 1. The van der Waals surface area contributed by atoms with Crippen molar-refractivity contribution < 1.29 is 4.39 Å². The third-order valence-corrected chi connectivity index (χ3v) is 4.87. The minimum absolute atomic E-state index is 0.140. The number of hydrogen-bond acceptors (Lipinski definition) is 2. The highest BCUT2D eigenvalue weighted by molar-refractivity contribution is 5.16. The Hall–Kier alpha value is -0.930. The Labute approximate surface area is 128 Å². The predicted octanol–water partition coefficient (Wildman–Crippen LogP) is 4.09. The number of hydrogen-bond donors (Lipinski definition) is 1. The molecule has 0 unspecified atom stereocenters. The molecule has 0 aliphatic heterocycles. The van der Waals surface area contributed by atoms with Gasteiger partial charge in [-0.2, -0.15) is 0 Å². The van der Waals surface area contributed by atoms with Crippen molar-refractivity contribution in [2.24, 2.45) is 5.73 Å². The van der Waals surface area contributed by atoms with Crippen LogP contribution in [-0.2, 0) is 6.54 Å². The Morgan fingerprint density at radius 2 is 1.71 bits per heavy atom. The van der Waals surface area contributed by atoms with E-state index < -0.39 is 0 Å². The lowest BCUT2D eigenvalue weighted by atomic mass is 9.87. The number of halogens is 1. The third kappa shape index (κ3) is 4.27. The maximum Gasteiger partial charge on any atom is 0.123 e. The molecular formula is C18H29FN2. The van der Waals surface area contributed by atoms with Crippen molar-refractivity contribution in [1.29, 1.82) is 0 Å². The van der Waals surface area contributed by atoms with E-state index in [-0.39, 0.29) is 11.4 Å². The van der Waals surface area contributed by atoms with E-state index in [0.717, 1.165) is 26.1 Å². The fraction of sp³-hybridized carbons (Fsp3) is 0.667. The summed E-state index contributed by atoms with van der Waals surface area (Å²) in [7, 11) is 0. The first-order chi connectivity index (χ1) is 10.2. The average molecular weight is 292 g/mol. The van der Waals surface area contributed by atoms with Gasteiger partial charge in [0, 0.05) is 18.6 Å². The van der Waals surface area contributed by atoms with Crippen LogP contribution in [-0.4, -0.2) is 23.5 Å². The lowest BCUT2D eigenvalue weighted by Crippen LogP contribution is -2.53. The van der Waals surface area contributed by atoms with Crippen LogP contribution in [0.2, 0.25) is 0 Å². The molecule has 0 spiro atoms. The summed E-state index contributed by atoms with van der Waals surface area (Å²) >= 11 is 0. The SMILES string of the molecule is CCCN(Cc1ccc(F)cc1)C1(CN)CCCCCC1. The zero-order valence-corrected chi connectivity index (χ0v) is 13.3. The van der Waals surface area contributed by atoms with Gasteiger partial charge in [-0.25, -0.2) is 4.39 Å². The second kappa shape index (κ2) is 7.90. The highest BCUT2D eigenvalue weighted by Gasteiger charge is 2.35. The lowest BCUT2D eigenvalue weighted by molar-refractivity contribution is 0.0697. The Kier molecular flexibility index (Phi) is 6.19. The Bertz CT molecular complexity index is 408. The topological polar surface area (TPSA) is 29.3 Å². The molecule has 1 saturated carbocycles. The number of nitrogens with two attached hydrogens (primary N) is 1. The summed E-state index contributed by atoms with van der Waals surface area (Å²) in [5.41, 5.74) is 7.54. The van der Waals surface area contributed by atoms with Crippen molar-refractivity contribution in [3.63, 3.8) is 0 Å². The van der Waals surface area contributed by atoms with Gasteiger partial charge in [-0.3, -0.25) is 4.90 Å². The van der Waals surface area contributed by atoms with E-state index in [1.807, 2.05) is 12.1 Å². The molecular weight excluding hydrogens is 263 g/mol. The number of rotatable bonds is 6. The van der Waals surface area contributed by atoms with Gasteiger partial charge in [0.05, 0.1) is 0 Å². The van der Waals surface area contributed by atoms with Crippen molar-refractivity contribution in [2.75, 3.05) is 13.1 Å². The molecule has 1 fully saturated rings. The van der Waals surface area contributed by atoms with Crippen molar-refractivity contribution in [2.45, 2.75) is 64.0 Å². The molecule has 0 bridgehead atoms. The zero-order chi connectivity index (χ0) is 15.1. The molecule has 0 atom stereocenters. The molecule has 0 heterocycles. The molecule has 0 saturated heterocycles. The van der Waals surface area contributed by atoms with Crippen molar-refractivity contribution in [3.8, 4) is 0 Å². The van der Waals surface area contributed by atoms with Crippen LogP contribution in [0.4, 0.5) is 4.39 Å². The van der Waals surface area contributed by atoms with Gasteiger partial charge in [0.15, 0.2) is 0 Å². The zero-order valence-electron chi connectivity index (χ0n) is 13.3. The molecule has 1 aromatic carbocycles. The monoisotopic (exact) mass is 292 g/mol. The maximum absolute atomic E-state index is 13.1.